The van der Waals surface area contributed by atoms with Crippen molar-refractivity contribution in [1.29, 1.82) is 0 Å². The topological polar surface area (TPSA) is 72.3 Å². The van der Waals surface area contributed by atoms with E-state index < -0.39 is 6.04 Å². The highest BCUT2D eigenvalue weighted by atomic mass is 16.5. The van der Waals surface area contributed by atoms with Crippen LogP contribution in [0.5, 0.6) is 5.95 Å². The predicted molar refractivity (Wildman–Crippen MR) is 38.5 cm³/mol. The molecule has 4 heteroatoms. The van der Waals surface area contributed by atoms with Crippen LogP contribution in [0.25, 0.3) is 0 Å². The fourth-order valence-corrected chi connectivity index (χ4v) is 0.732. The molecule has 1 rings (SSSR count). The fraction of sp³-hybridized carbons (Fsp3) is 0.286. The van der Waals surface area contributed by atoms with Crippen LogP contribution >= 0.6 is 0 Å². The molecule has 1 atom stereocenters. The summed E-state index contributed by atoms with van der Waals surface area (Å²) in [6.45, 7) is 0. The molecule has 0 aliphatic rings. The number of hydrogen-bond donors (Lipinski definition) is 2. The Morgan fingerprint density at radius 2 is 2.64 bits per heavy atom. The summed E-state index contributed by atoms with van der Waals surface area (Å²) in [7, 11) is 0. The number of aromatic hydroxyl groups is 1. The van der Waals surface area contributed by atoms with Crippen LogP contribution in [0.4, 0.5) is 0 Å². The first-order chi connectivity index (χ1) is 5.25. The molecule has 0 saturated carbocycles. The monoisotopic (exact) mass is 152 g/mol. The Labute approximate surface area is 64.0 Å². The molecule has 0 saturated heterocycles. The first-order valence-electron chi connectivity index (χ1n) is 3.08. The molecule has 0 fully saturated rings. The van der Waals surface area contributed by atoms with Crippen LogP contribution in [0.1, 0.15) is 18.0 Å². The highest BCUT2D eigenvalue weighted by Crippen LogP contribution is 2.22. The third kappa shape index (κ3) is 1.51. The van der Waals surface area contributed by atoms with E-state index in [1.807, 2.05) is 0 Å². The minimum atomic E-state index is -0.397. The van der Waals surface area contributed by atoms with E-state index in [0.717, 1.165) is 0 Å². The first-order valence-corrected chi connectivity index (χ1v) is 3.08. The summed E-state index contributed by atoms with van der Waals surface area (Å²) in [5.74, 6) is 2.12. The van der Waals surface area contributed by atoms with Crippen molar-refractivity contribution >= 4 is 0 Å². The van der Waals surface area contributed by atoms with Gasteiger partial charge in [-0.15, -0.1) is 12.3 Å². The Kier molecular flexibility index (Phi) is 2.14. The van der Waals surface area contributed by atoms with Crippen LogP contribution in [-0.4, -0.2) is 10.3 Å². The number of hydrogen-bond acceptors (Lipinski definition) is 4. The SMILES string of the molecule is C#CC[C@H](N)c1cnoc1O. The second kappa shape index (κ2) is 3.08. The van der Waals surface area contributed by atoms with Crippen molar-refractivity contribution in [2.45, 2.75) is 12.5 Å². The van der Waals surface area contributed by atoms with Crippen LogP contribution in [0.15, 0.2) is 10.7 Å². The number of nitrogens with zero attached hydrogens (tertiary/aromatic N) is 1. The standard InChI is InChI=1S/C7H8N2O2/c1-2-3-6(8)5-4-9-11-7(5)10/h1,4,6,10H,3,8H2/t6-/m0/s1. The average Bonchev–Trinajstić information content (AvgIpc) is 2.36. The van der Waals surface area contributed by atoms with Crippen molar-refractivity contribution in [3.8, 4) is 18.3 Å². The number of rotatable bonds is 2. The van der Waals surface area contributed by atoms with Gasteiger partial charge < -0.3 is 15.4 Å². The van der Waals surface area contributed by atoms with Gasteiger partial charge >= 0.3 is 5.95 Å². The quantitative estimate of drug-likeness (QED) is 0.602. The van der Waals surface area contributed by atoms with Gasteiger partial charge in [-0.1, -0.05) is 5.16 Å². The van der Waals surface area contributed by atoms with E-state index in [9.17, 15) is 0 Å². The lowest BCUT2D eigenvalue weighted by atomic mass is 10.1. The summed E-state index contributed by atoms with van der Waals surface area (Å²) in [5, 5.41) is 12.3. The van der Waals surface area contributed by atoms with Gasteiger partial charge in [0.2, 0.25) is 0 Å². The maximum absolute atomic E-state index is 8.97. The van der Waals surface area contributed by atoms with Gasteiger partial charge in [0.15, 0.2) is 0 Å². The van der Waals surface area contributed by atoms with E-state index in [-0.39, 0.29) is 5.95 Å². The molecule has 11 heavy (non-hydrogen) atoms. The Morgan fingerprint density at radius 3 is 3.09 bits per heavy atom. The average molecular weight is 152 g/mol. The molecule has 1 heterocycles. The molecular formula is C7H8N2O2. The highest BCUT2D eigenvalue weighted by molar-refractivity contribution is 5.22. The molecule has 58 valence electrons. The van der Waals surface area contributed by atoms with Crippen LogP contribution < -0.4 is 5.73 Å². The first kappa shape index (κ1) is 7.63. The summed E-state index contributed by atoms with van der Waals surface area (Å²) in [6, 6.07) is -0.397. The van der Waals surface area contributed by atoms with Crippen molar-refractivity contribution in [2.24, 2.45) is 5.73 Å². The second-order valence-electron chi connectivity index (χ2n) is 2.10. The van der Waals surface area contributed by atoms with Gasteiger partial charge in [-0.2, -0.15) is 0 Å². The number of terminal acetylenes is 1. The van der Waals surface area contributed by atoms with Gasteiger partial charge in [0.25, 0.3) is 0 Å². The summed E-state index contributed by atoms with van der Waals surface area (Å²) >= 11 is 0. The smallest absolute Gasteiger partial charge is 0.313 e. The number of aromatic nitrogens is 1. The molecule has 3 N–H and O–H groups in total. The zero-order valence-corrected chi connectivity index (χ0v) is 5.82. The number of nitrogens with two attached hydrogens (primary N) is 1. The molecule has 1 aromatic heterocycles. The largest absolute Gasteiger partial charge is 0.479 e. The molecule has 4 nitrogen and oxygen atoms in total. The third-order valence-electron chi connectivity index (χ3n) is 1.32. The van der Waals surface area contributed by atoms with E-state index in [4.69, 9.17) is 17.3 Å². The lowest BCUT2D eigenvalue weighted by Gasteiger charge is -2.02. The van der Waals surface area contributed by atoms with Crippen molar-refractivity contribution < 1.29 is 9.63 Å². The lowest BCUT2D eigenvalue weighted by Crippen LogP contribution is -2.08. The molecule has 0 bridgehead atoms. The van der Waals surface area contributed by atoms with Crippen molar-refractivity contribution in [2.75, 3.05) is 0 Å². The van der Waals surface area contributed by atoms with Gasteiger partial charge in [0.05, 0.1) is 11.8 Å². The Hall–Kier alpha value is -1.47. The summed E-state index contributed by atoms with van der Waals surface area (Å²) in [5.41, 5.74) is 6.00. The molecule has 0 spiro atoms. The van der Waals surface area contributed by atoms with Crippen LogP contribution in [0.2, 0.25) is 0 Å². The summed E-state index contributed by atoms with van der Waals surface area (Å²) < 4.78 is 4.39. The minimum absolute atomic E-state index is 0.257. The van der Waals surface area contributed by atoms with Crippen LogP contribution in [-0.2, 0) is 0 Å². The molecule has 0 unspecified atom stereocenters. The second-order valence-corrected chi connectivity index (χ2v) is 2.10. The zero-order chi connectivity index (χ0) is 8.27. The third-order valence-corrected chi connectivity index (χ3v) is 1.32. The zero-order valence-electron chi connectivity index (χ0n) is 5.82. The molecular weight excluding hydrogens is 144 g/mol. The van der Waals surface area contributed by atoms with E-state index in [1.165, 1.54) is 6.20 Å². The summed E-state index contributed by atoms with van der Waals surface area (Å²) in [6.07, 6.45) is 6.74. The molecule has 0 aliphatic heterocycles. The Morgan fingerprint density at radius 1 is 1.91 bits per heavy atom. The normalized spacial score (nSPS) is 12.4. The van der Waals surface area contributed by atoms with Gasteiger partial charge in [-0.25, -0.2) is 0 Å². The van der Waals surface area contributed by atoms with Gasteiger partial charge in [0.1, 0.15) is 0 Å². The van der Waals surface area contributed by atoms with E-state index in [2.05, 4.69) is 15.6 Å². The molecule has 0 aliphatic carbocycles. The van der Waals surface area contributed by atoms with Crippen molar-refractivity contribution in [3.63, 3.8) is 0 Å². The van der Waals surface area contributed by atoms with E-state index in [0.29, 0.717) is 12.0 Å². The molecule has 0 amide bonds. The maximum atomic E-state index is 8.97. The Bertz CT molecular complexity index is 274. The van der Waals surface area contributed by atoms with Gasteiger partial charge in [-0.05, 0) is 0 Å². The minimum Gasteiger partial charge on any atom is -0.479 e. The van der Waals surface area contributed by atoms with Crippen molar-refractivity contribution in [3.05, 3.63) is 11.8 Å². The van der Waals surface area contributed by atoms with Gasteiger partial charge in [0, 0.05) is 12.5 Å². The van der Waals surface area contributed by atoms with E-state index in [1.54, 1.807) is 0 Å². The lowest BCUT2D eigenvalue weighted by molar-refractivity contribution is 0.273. The highest BCUT2D eigenvalue weighted by Gasteiger charge is 2.12. The van der Waals surface area contributed by atoms with Crippen molar-refractivity contribution in [1.82, 2.24) is 5.16 Å². The van der Waals surface area contributed by atoms with Gasteiger partial charge in [-0.3, -0.25) is 0 Å². The fourth-order valence-electron chi connectivity index (χ4n) is 0.732. The van der Waals surface area contributed by atoms with Crippen LogP contribution in [0, 0.1) is 12.3 Å². The summed E-state index contributed by atoms with van der Waals surface area (Å²) in [4.78, 5) is 0. The van der Waals surface area contributed by atoms with Crippen LogP contribution in [0.3, 0.4) is 0 Å². The van der Waals surface area contributed by atoms with E-state index >= 15 is 0 Å². The molecule has 1 aromatic rings. The maximum Gasteiger partial charge on any atom is 0.313 e. The molecule has 0 aromatic carbocycles. The molecule has 0 radical (unpaired) electrons. The Balaban J connectivity index is 2.77. The predicted octanol–water partition coefficient (Wildman–Crippen LogP) is 0.403.